The van der Waals surface area contributed by atoms with Crippen LogP contribution in [0.3, 0.4) is 0 Å². The summed E-state index contributed by atoms with van der Waals surface area (Å²) >= 11 is 5.76. The minimum absolute atomic E-state index is 0.204. The Hall–Kier alpha value is -1.75. The van der Waals surface area contributed by atoms with Gasteiger partial charge in [0.15, 0.2) is 0 Å². The van der Waals surface area contributed by atoms with Gasteiger partial charge in [-0.05, 0) is 37.6 Å². The largest absolute Gasteiger partial charge is 0.368 e. The Morgan fingerprint density at radius 1 is 1.12 bits per heavy atom. The predicted octanol–water partition coefficient (Wildman–Crippen LogP) is 3.48. The molecule has 1 aliphatic rings. The average molecular weight is 366 g/mol. The molecule has 0 bridgehead atoms. The average Bonchev–Trinajstić information content (AvgIpc) is 2.62. The smallest absolute Gasteiger partial charge is 0.242 e. The number of hydrogen-bond donors (Lipinski definition) is 1. The van der Waals surface area contributed by atoms with Crippen LogP contribution in [0, 0.1) is 0 Å². The third-order valence-electron chi connectivity index (χ3n) is 4.49. The third kappa shape index (κ3) is 5.92. The summed E-state index contributed by atoms with van der Waals surface area (Å²) in [4.78, 5) is 28.0. The topological polar surface area (TPSA) is 52.7 Å². The van der Waals surface area contributed by atoms with Crippen molar-refractivity contribution in [1.29, 1.82) is 0 Å². The molecule has 0 unspecified atom stereocenters. The number of carbonyl (C=O) groups excluding carboxylic acids is 2. The van der Waals surface area contributed by atoms with Crippen molar-refractivity contribution in [2.24, 2.45) is 0 Å². The van der Waals surface area contributed by atoms with Crippen molar-refractivity contribution in [2.75, 3.05) is 36.4 Å². The van der Waals surface area contributed by atoms with Crippen LogP contribution in [0.5, 0.6) is 0 Å². The number of hydrogen-bond acceptors (Lipinski definition) is 3. The first kappa shape index (κ1) is 19.6. The second-order valence-corrected chi connectivity index (χ2v) is 7.13. The quantitative estimate of drug-likeness (QED) is 0.594. The van der Waals surface area contributed by atoms with Crippen LogP contribution in [0.1, 0.15) is 39.5 Å². The standard InChI is InChI=1S/C19H28ClN3O2/c1-3-4-5-6-18(24)23-13-11-22(12-14-23)17-9-7-16(8-10-17)21-19(25)15(2)20/h7-10,15H,3-6,11-14H2,1-2H3,(H,21,25)/t15-/m0/s1. The molecule has 25 heavy (non-hydrogen) atoms. The highest BCUT2D eigenvalue weighted by Gasteiger charge is 2.20. The van der Waals surface area contributed by atoms with Gasteiger partial charge in [-0.3, -0.25) is 9.59 Å². The first-order valence-corrected chi connectivity index (χ1v) is 9.52. The predicted molar refractivity (Wildman–Crippen MR) is 103 cm³/mol. The lowest BCUT2D eigenvalue weighted by Gasteiger charge is -2.36. The van der Waals surface area contributed by atoms with Gasteiger partial charge in [-0.2, -0.15) is 0 Å². The molecule has 0 spiro atoms. The van der Waals surface area contributed by atoms with Gasteiger partial charge in [-0.1, -0.05) is 19.8 Å². The van der Waals surface area contributed by atoms with Crippen LogP contribution in [-0.2, 0) is 9.59 Å². The van der Waals surface area contributed by atoms with E-state index in [2.05, 4.69) is 17.1 Å². The van der Waals surface area contributed by atoms with Gasteiger partial charge in [0, 0.05) is 44.0 Å². The molecular weight excluding hydrogens is 338 g/mol. The van der Waals surface area contributed by atoms with Gasteiger partial charge >= 0.3 is 0 Å². The minimum atomic E-state index is -0.553. The maximum absolute atomic E-state index is 12.2. The van der Waals surface area contributed by atoms with Crippen LogP contribution in [0.15, 0.2) is 24.3 Å². The molecular formula is C19H28ClN3O2. The summed E-state index contributed by atoms with van der Waals surface area (Å²) in [6, 6.07) is 7.75. The van der Waals surface area contributed by atoms with Gasteiger partial charge in [0.05, 0.1) is 0 Å². The SMILES string of the molecule is CCCCCC(=O)N1CCN(c2ccc(NC(=O)[C@H](C)Cl)cc2)CC1. The monoisotopic (exact) mass is 365 g/mol. The molecule has 2 rings (SSSR count). The van der Waals surface area contributed by atoms with Crippen LogP contribution >= 0.6 is 11.6 Å². The molecule has 1 saturated heterocycles. The van der Waals surface area contributed by atoms with E-state index in [1.54, 1.807) is 6.92 Å². The number of amides is 2. The molecule has 1 heterocycles. The second-order valence-electron chi connectivity index (χ2n) is 6.48. The Morgan fingerprint density at radius 2 is 1.76 bits per heavy atom. The van der Waals surface area contributed by atoms with E-state index in [0.717, 1.165) is 56.8 Å². The molecule has 1 aliphatic heterocycles. The van der Waals surface area contributed by atoms with E-state index in [1.807, 2.05) is 29.2 Å². The van der Waals surface area contributed by atoms with E-state index in [-0.39, 0.29) is 11.8 Å². The number of piperazine rings is 1. The van der Waals surface area contributed by atoms with Crippen molar-refractivity contribution < 1.29 is 9.59 Å². The molecule has 0 radical (unpaired) electrons. The van der Waals surface area contributed by atoms with Crippen LogP contribution in [0.4, 0.5) is 11.4 Å². The normalized spacial score (nSPS) is 15.8. The van der Waals surface area contributed by atoms with E-state index in [4.69, 9.17) is 11.6 Å². The number of benzene rings is 1. The maximum atomic E-state index is 12.2. The Morgan fingerprint density at radius 3 is 2.32 bits per heavy atom. The van der Waals surface area contributed by atoms with E-state index >= 15 is 0 Å². The highest BCUT2D eigenvalue weighted by atomic mass is 35.5. The van der Waals surface area contributed by atoms with Crippen LogP contribution in [0.25, 0.3) is 0 Å². The van der Waals surface area contributed by atoms with Crippen molar-refractivity contribution >= 4 is 34.8 Å². The summed E-state index contributed by atoms with van der Waals surface area (Å²) < 4.78 is 0. The lowest BCUT2D eigenvalue weighted by Crippen LogP contribution is -2.48. The van der Waals surface area contributed by atoms with Gasteiger partial charge in [0.1, 0.15) is 5.38 Å². The molecule has 0 aromatic heterocycles. The van der Waals surface area contributed by atoms with Gasteiger partial charge in [-0.25, -0.2) is 0 Å². The van der Waals surface area contributed by atoms with Crippen LogP contribution in [-0.4, -0.2) is 48.3 Å². The Balaban J connectivity index is 1.82. The van der Waals surface area contributed by atoms with Crippen LogP contribution in [0.2, 0.25) is 0 Å². The van der Waals surface area contributed by atoms with E-state index in [0.29, 0.717) is 6.42 Å². The Kier molecular flexibility index (Phi) is 7.56. The van der Waals surface area contributed by atoms with Crippen molar-refractivity contribution in [1.82, 2.24) is 4.90 Å². The van der Waals surface area contributed by atoms with Gasteiger partial charge in [0.25, 0.3) is 0 Å². The molecule has 2 amide bonds. The first-order chi connectivity index (χ1) is 12.0. The zero-order valence-corrected chi connectivity index (χ0v) is 15.9. The fourth-order valence-electron chi connectivity index (χ4n) is 2.90. The fraction of sp³-hybridized carbons (Fsp3) is 0.579. The molecule has 138 valence electrons. The first-order valence-electron chi connectivity index (χ1n) is 9.09. The number of halogens is 1. The molecule has 6 heteroatoms. The minimum Gasteiger partial charge on any atom is -0.368 e. The van der Waals surface area contributed by atoms with Crippen molar-refractivity contribution in [2.45, 2.75) is 44.9 Å². The number of rotatable bonds is 7. The summed E-state index contributed by atoms with van der Waals surface area (Å²) in [5, 5.41) is 2.22. The lowest BCUT2D eigenvalue weighted by atomic mass is 10.1. The second kappa shape index (κ2) is 9.66. The Labute approximate surface area is 155 Å². The molecule has 1 aromatic rings. The zero-order chi connectivity index (χ0) is 18.2. The van der Waals surface area contributed by atoms with Gasteiger partial charge in [-0.15, -0.1) is 11.6 Å². The summed E-state index contributed by atoms with van der Waals surface area (Å²) in [6.45, 7) is 7.01. The van der Waals surface area contributed by atoms with Gasteiger partial charge < -0.3 is 15.1 Å². The maximum Gasteiger partial charge on any atom is 0.242 e. The van der Waals surface area contributed by atoms with Gasteiger partial charge in [0.2, 0.25) is 11.8 Å². The summed E-state index contributed by atoms with van der Waals surface area (Å²) in [5.41, 5.74) is 1.85. The number of anilines is 2. The molecule has 5 nitrogen and oxygen atoms in total. The van der Waals surface area contributed by atoms with Crippen molar-refractivity contribution in [3.05, 3.63) is 24.3 Å². The number of nitrogens with zero attached hydrogens (tertiary/aromatic N) is 2. The number of unbranched alkanes of at least 4 members (excludes halogenated alkanes) is 2. The van der Waals surface area contributed by atoms with E-state index < -0.39 is 5.38 Å². The third-order valence-corrected chi connectivity index (χ3v) is 4.69. The van der Waals surface area contributed by atoms with E-state index in [9.17, 15) is 9.59 Å². The lowest BCUT2D eigenvalue weighted by molar-refractivity contribution is -0.131. The summed E-state index contributed by atoms with van der Waals surface area (Å²) in [6.07, 6.45) is 3.92. The van der Waals surface area contributed by atoms with Crippen molar-refractivity contribution in [3.8, 4) is 0 Å². The molecule has 1 fully saturated rings. The number of alkyl halides is 1. The molecule has 1 N–H and O–H groups in total. The molecule has 0 saturated carbocycles. The summed E-state index contributed by atoms with van der Waals surface area (Å²) in [7, 11) is 0. The number of nitrogens with one attached hydrogen (secondary N) is 1. The zero-order valence-electron chi connectivity index (χ0n) is 15.1. The molecule has 1 aromatic carbocycles. The number of carbonyl (C=O) groups is 2. The Bertz CT molecular complexity index is 567. The molecule has 1 atom stereocenters. The van der Waals surface area contributed by atoms with E-state index in [1.165, 1.54) is 0 Å². The molecule has 0 aliphatic carbocycles. The highest BCUT2D eigenvalue weighted by molar-refractivity contribution is 6.32. The van der Waals surface area contributed by atoms with Crippen molar-refractivity contribution in [3.63, 3.8) is 0 Å². The summed E-state index contributed by atoms with van der Waals surface area (Å²) in [5.74, 6) is 0.0750. The fourth-order valence-corrected chi connectivity index (χ4v) is 2.95. The van der Waals surface area contributed by atoms with Crippen LogP contribution < -0.4 is 10.2 Å². The highest BCUT2D eigenvalue weighted by Crippen LogP contribution is 2.20.